The van der Waals surface area contributed by atoms with Crippen LogP contribution in [0, 0.1) is 0 Å². The van der Waals surface area contributed by atoms with E-state index in [0.29, 0.717) is 16.8 Å². The van der Waals surface area contributed by atoms with Gasteiger partial charge in [-0.2, -0.15) is 0 Å². The summed E-state index contributed by atoms with van der Waals surface area (Å²) in [6.45, 7) is 2.13. The van der Waals surface area contributed by atoms with Crippen molar-refractivity contribution in [2.75, 3.05) is 12.4 Å². The van der Waals surface area contributed by atoms with Crippen LogP contribution < -0.4 is 11.1 Å². The van der Waals surface area contributed by atoms with Gasteiger partial charge in [0, 0.05) is 31.2 Å². The average Bonchev–Trinajstić information content (AvgIpc) is 3.02. The first-order valence-electron chi connectivity index (χ1n) is 8.65. The predicted molar refractivity (Wildman–Crippen MR) is 100 cm³/mol. The van der Waals surface area contributed by atoms with Crippen LogP contribution in [-0.4, -0.2) is 27.9 Å². The van der Waals surface area contributed by atoms with Gasteiger partial charge in [0.15, 0.2) is 5.58 Å². The van der Waals surface area contributed by atoms with Gasteiger partial charge in [-0.15, -0.1) is 0 Å². The minimum atomic E-state index is -0.517. The molecule has 3 aromatic rings. The topological polar surface area (TPSA) is 91.2 Å². The Morgan fingerprint density at radius 1 is 1.38 bits per heavy atom. The highest BCUT2D eigenvalue weighted by Gasteiger charge is 2.21. The Morgan fingerprint density at radius 3 is 2.96 bits per heavy atom. The maximum atomic E-state index is 12.7. The number of aromatic nitrogens is 2. The highest BCUT2D eigenvalue weighted by atomic mass is 16.4. The molecule has 2 amide bonds. The number of carbonyl (C=O) groups excluding carboxylic acids is 1. The van der Waals surface area contributed by atoms with E-state index < -0.39 is 5.76 Å². The van der Waals surface area contributed by atoms with E-state index in [1.807, 2.05) is 12.1 Å². The van der Waals surface area contributed by atoms with Gasteiger partial charge in [0.1, 0.15) is 0 Å². The summed E-state index contributed by atoms with van der Waals surface area (Å²) in [4.78, 5) is 32.4. The molecule has 0 aliphatic heterocycles. The van der Waals surface area contributed by atoms with E-state index in [-0.39, 0.29) is 12.1 Å². The SMILES string of the molecule is CCCC[C@@H](c1cccnc1)N(C)C(=O)Nc1ccc2[nH]c(=O)oc2c1. The third kappa shape index (κ3) is 3.93. The van der Waals surface area contributed by atoms with Gasteiger partial charge in [0.2, 0.25) is 0 Å². The van der Waals surface area contributed by atoms with Crippen molar-refractivity contribution in [1.29, 1.82) is 0 Å². The zero-order chi connectivity index (χ0) is 18.5. The van der Waals surface area contributed by atoms with E-state index in [1.54, 1.807) is 42.5 Å². The summed E-state index contributed by atoms with van der Waals surface area (Å²) in [5.41, 5.74) is 2.57. The number of oxazole rings is 1. The van der Waals surface area contributed by atoms with Gasteiger partial charge in [-0.25, -0.2) is 9.59 Å². The van der Waals surface area contributed by atoms with Gasteiger partial charge in [0.05, 0.1) is 11.6 Å². The molecular formula is C19H22N4O3. The maximum Gasteiger partial charge on any atom is 0.417 e. The van der Waals surface area contributed by atoms with Crippen molar-refractivity contribution in [3.8, 4) is 0 Å². The Bertz CT molecular complexity index is 933. The van der Waals surface area contributed by atoms with E-state index >= 15 is 0 Å². The van der Waals surface area contributed by atoms with Crippen molar-refractivity contribution in [3.63, 3.8) is 0 Å². The van der Waals surface area contributed by atoms with E-state index in [9.17, 15) is 9.59 Å². The smallest absolute Gasteiger partial charge is 0.408 e. The van der Waals surface area contributed by atoms with Gasteiger partial charge >= 0.3 is 11.8 Å². The number of carbonyl (C=O) groups is 1. The number of nitrogens with one attached hydrogen (secondary N) is 2. The molecule has 0 fully saturated rings. The number of urea groups is 1. The molecule has 2 aromatic heterocycles. The van der Waals surface area contributed by atoms with Gasteiger partial charge < -0.3 is 14.6 Å². The molecule has 2 heterocycles. The highest BCUT2D eigenvalue weighted by Crippen LogP contribution is 2.26. The normalized spacial score (nSPS) is 12.1. The van der Waals surface area contributed by atoms with E-state index in [2.05, 4.69) is 22.2 Å². The Kier molecular flexibility index (Phi) is 5.36. The summed E-state index contributed by atoms with van der Waals surface area (Å²) in [5, 5.41) is 2.86. The molecule has 0 spiro atoms. The Hall–Kier alpha value is -3.09. The molecule has 3 rings (SSSR count). The number of anilines is 1. The van der Waals surface area contributed by atoms with Gasteiger partial charge in [0.25, 0.3) is 0 Å². The van der Waals surface area contributed by atoms with Crippen LogP contribution in [0.25, 0.3) is 11.1 Å². The van der Waals surface area contributed by atoms with Crippen LogP contribution >= 0.6 is 0 Å². The standard InChI is InChI=1S/C19H22N4O3/c1-3-4-7-16(13-6-5-10-20-12-13)23(2)18(24)21-14-8-9-15-17(11-14)26-19(25)22-15/h5-6,8-12,16H,3-4,7H2,1-2H3,(H,21,24)(H,22,25)/t16-/m0/s1. The first kappa shape index (κ1) is 17.7. The minimum absolute atomic E-state index is 0.0578. The van der Waals surface area contributed by atoms with Crippen molar-refractivity contribution < 1.29 is 9.21 Å². The Morgan fingerprint density at radius 2 is 2.23 bits per heavy atom. The lowest BCUT2D eigenvalue weighted by atomic mass is 10.0. The summed E-state index contributed by atoms with van der Waals surface area (Å²) in [6.07, 6.45) is 6.44. The van der Waals surface area contributed by atoms with Gasteiger partial charge in [-0.3, -0.25) is 9.97 Å². The molecule has 0 saturated carbocycles. The predicted octanol–water partition coefficient (Wildman–Crippen LogP) is 3.91. The lowest BCUT2D eigenvalue weighted by molar-refractivity contribution is 0.200. The second-order valence-electron chi connectivity index (χ2n) is 6.21. The first-order chi connectivity index (χ1) is 12.6. The molecule has 7 heteroatoms. The first-order valence-corrected chi connectivity index (χ1v) is 8.65. The van der Waals surface area contributed by atoms with Crippen molar-refractivity contribution in [2.24, 2.45) is 0 Å². The van der Waals surface area contributed by atoms with Gasteiger partial charge in [-0.05, 0) is 30.2 Å². The van der Waals surface area contributed by atoms with Crippen LogP contribution in [0.2, 0.25) is 0 Å². The van der Waals surface area contributed by atoms with E-state index in [0.717, 1.165) is 24.8 Å². The molecule has 0 aliphatic carbocycles. The summed E-state index contributed by atoms with van der Waals surface area (Å²) in [7, 11) is 1.78. The molecule has 1 aromatic carbocycles. The van der Waals surface area contributed by atoms with Crippen molar-refractivity contribution in [1.82, 2.24) is 14.9 Å². The van der Waals surface area contributed by atoms with Crippen LogP contribution in [0.1, 0.15) is 37.8 Å². The number of H-pyrrole nitrogens is 1. The summed E-state index contributed by atoms with van der Waals surface area (Å²) in [6, 6.07) is 8.63. The molecule has 0 saturated heterocycles. The molecule has 26 heavy (non-hydrogen) atoms. The van der Waals surface area contributed by atoms with Crippen LogP contribution in [0.15, 0.2) is 51.9 Å². The van der Waals surface area contributed by atoms with Crippen LogP contribution in [0.4, 0.5) is 10.5 Å². The van der Waals surface area contributed by atoms with Crippen LogP contribution in [0.5, 0.6) is 0 Å². The fourth-order valence-corrected chi connectivity index (χ4v) is 2.93. The molecule has 136 valence electrons. The summed E-state index contributed by atoms with van der Waals surface area (Å²) >= 11 is 0. The number of unbranched alkanes of at least 4 members (excludes halogenated alkanes) is 1. The third-order valence-corrected chi connectivity index (χ3v) is 4.36. The Balaban J connectivity index is 1.77. The van der Waals surface area contributed by atoms with Gasteiger partial charge in [-0.1, -0.05) is 25.8 Å². The molecule has 0 bridgehead atoms. The lowest BCUT2D eigenvalue weighted by Gasteiger charge is -2.28. The summed E-state index contributed by atoms with van der Waals surface area (Å²) in [5.74, 6) is -0.517. The molecule has 0 aliphatic rings. The molecule has 0 unspecified atom stereocenters. The van der Waals surface area contributed by atoms with E-state index in [4.69, 9.17) is 4.42 Å². The number of amides is 2. The number of nitrogens with zero attached hydrogens (tertiary/aromatic N) is 2. The molecule has 1 atom stereocenters. The number of fused-ring (bicyclic) bond motifs is 1. The maximum absolute atomic E-state index is 12.7. The average molecular weight is 354 g/mol. The fraction of sp³-hybridized carbons (Fsp3) is 0.316. The third-order valence-electron chi connectivity index (χ3n) is 4.36. The second-order valence-corrected chi connectivity index (χ2v) is 6.21. The number of aromatic amines is 1. The summed E-state index contributed by atoms with van der Waals surface area (Å²) < 4.78 is 5.04. The van der Waals surface area contributed by atoms with Crippen LogP contribution in [-0.2, 0) is 0 Å². The molecule has 2 N–H and O–H groups in total. The number of rotatable bonds is 6. The fourth-order valence-electron chi connectivity index (χ4n) is 2.93. The lowest BCUT2D eigenvalue weighted by Crippen LogP contribution is -2.35. The molecule has 0 radical (unpaired) electrons. The van der Waals surface area contributed by atoms with E-state index in [1.165, 1.54) is 0 Å². The molecule has 7 nitrogen and oxygen atoms in total. The zero-order valence-corrected chi connectivity index (χ0v) is 14.9. The monoisotopic (exact) mass is 354 g/mol. The quantitative estimate of drug-likeness (QED) is 0.702. The molecular weight excluding hydrogens is 332 g/mol. The van der Waals surface area contributed by atoms with Crippen molar-refractivity contribution >= 4 is 22.8 Å². The number of benzene rings is 1. The number of hydrogen-bond acceptors (Lipinski definition) is 4. The largest absolute Gasteiger partial charge is 0.417 e. The second kappa shape index (κ2) is 7.86. The van der Waals surface area contributed by atoms with Crippen molar-refractivity contribution in [2.45, 2.75) is 32.2 Å². The number of pyridine rings is 1. The highest BCUT2D eigenvalue weighted by molar-refractivity contribution is 5.91. The zero-order valence-electron chi connectivity index (χ0n) is 14.9. The van der Waals surface area contributed by atoms with Crippen LogP contribution in [0.3, 0.4) is 0 Å². The number of hydrogen-bond donors (Lipinski definition) is 2. The minimum Gasteiger partial charge on any atom is -0.408 e. The van der Waals surface area contributed by atoms with Crippen molar-refractivity contribution in [3.05, 3.63) is 58.8 Å². The Labute approximate surface area is 151 Å².